The lowest BCUT2D eigenvalue weighted by Crippen LogP contribution is -2.40. The molecule has 0 radical (unpaired) electrons. The van der Waals surface area contributed by atoms with E-state index in [9.17, 15) is 0 Å². The van der Waals surface area contributed by atoms with Crippen LogP contribution < -0.4 is 4.74 Å². The number of nitrogens with zero attached hydrogens (tertiary/aromatic N) is 5. The molecule has 1 unspecified atom stereocenters. The van der Waals surface area contributed by atoms with Gasteiger partial charge in [-0.3, -0.25) is 9.58 Å². The number of hydrogen-bond donors (Lipinski definition) is 0. The summed E-state index contributed by atoms with van der Waals surface area (Å²) in [6.45, 7) is 8.37. The maximum Gasteiger partial charge on any atom is 0.220 e. The van der Waals surface area contributed by atoms with Gasteiger partial charge in [0.1, 0.15) is 11.9 Å². The molecule has 1 atom stereocenters. The van der Waals surface area contributed by atoms with Crippen molar-refractivity contribution in [2.75, 3.05) is 19.6 Å². The summed E-state index contributed by atoms with van der Waals surface area (Å²) in [5, 5.41) is 4.30. The van der Waals surface area contributed by atoms with Crippen molar-refractivity contribution in [1.29, 1.82) is 0 Å². The standard InChI is InChI=1S/C19H27N5O/c1-14-18-12-17(25-19(18)22-15(2)21-14)13-23-9-4-16(5-10-23)6-11-24-8-3-7-20-24/h3,7-8,16-17H,4-6,9-13H2,1-2H3. The number of hydrogen-bond acceptors (Lipinski definition) is 5. The van der Waals surface area contributed by atoms with Crippen LogP contribution in [0.5, 0.6) is 5.88 Å². The van der Waals surface area contributed by atoms with Gasteiger partial charge in [-0.2, -0.15) is 10.1 Å². The fourth-order valence-electron chi connectivity index (χ4n) is 4.06. The molecule has 6 nitrogen and oxygen atoms in total. The first-order valence-corrected chi connectivity index (χ1v) is 9.38. The van der Waals surface area contributed by atoms with E-state index in [1.54, 1.807) is 0 Å². The second-order valence-electron chi connectivity index (χ2n) is 7.39. The first-order chi connectivity index (χ1) is 12.2. The van der Waals surface area contributed by atoms with Crippen molar-refractivity contribution >= 4 is 0 Å². The maximum absolute atomic E-state index is 6.09. The molecular formula is C19H27N5O. The Labute approximate surface area is 149 Å². The van der Waals surface area contributed by atoms with Crippen molar-refractivity contribution in [2.45, 2.75) is 52.2 Å². The summed E-state index contributed by atoms with van der Waals surface area (Å²) >= 11 is 0. The molecule has 1 fully saturated rings. The Morgan fingerprint density at radius 1 is 1.20 bits per heavy atom. The Hall–Kier alpha value is -1.95. The van der Waals surface area contributed by atoms with E-state index in [4.69, 9.17) is 4.74 Å². The van der Waals surface area contributed by atoms with Crippen LogP contribution in [-0.4, -0.2) is 50.4 Å². The number of aryl methyl sites for hydroxylation is 3. The third kappa shape index (κ3) is 3.84. The van der Waals surface area contributed by atoms with Gasteiger partial charge in [-0.15, -0.1) is 0 Å². The molecule has 0 aromatic carbocycles. The summed E-state index contributed by atoms with van der Waals surface area (Å²) in [6, 6.07) is 2.00. The van der Waals surface area contributed by atoms with E-state index in [0.29, 0.717) is 0 Å². The van der Waals surface area contributed by atoms with Crippen LogP contribution in [0.2, 0.25) is 0 Å². The number of fused-ring (bicyclic) bond motifs is 1. The van der Waals surface area contributed by atoms with Crippen LogP contribution in [0.4, 0.5) is 0 Å². The zero-order valence-electron chi connectivity index (χ0n) is 15.2. The predicted octanol–water partition coefficient (Wildman–Crippen LogP) is 2.40. The van der Waals surface area contributed by atoms with E-state index >= 15 is 0 Å². The first kappa shape index (κ1) is 16.5. The normalized spacial score (nSPS) is 21.3. The molecule has 0 bridgehead atoms. The van der Waals surface area contributed by atoms with Gasteiger partial charge in [0, 0.05) is 43.2 Å². The molecule has 2 aromatic rings. The number of rotatable bonds is 5. The minimum absolute atomic E-state index is 0.227. The summed E-state index contributed by atoms with van der Waals surface area (Å²) in [5.74, 6) is 2.43. The molecule has 2 aliphatic heterocycles. The van der Waals surface area contributed by atoms with Gasteiger partial charge in [0.05, 0.1) is 0 Å². The second kappa shape index (κ2) is 7.12. The SMILES string of the molecule is Cc1nc(C)c2c(n1)OC(CN1CCC(CCn3cccn3)CC1)C2. The molecule has 2 aromatic heterocycles. The summed E-state index contributed by atoms with van der Waals surface area (Å²) < 4.78 is 8.13. The molecular weight excluding hydrogens is 314 g/mol. The summed E-state index contributed by atoms with van der Waals surface area (Å²) in [4.78, 5) is 11.5. The third-order valence-electron chi connectivity index (χ3n) is 5.49. The Morgan fingerprint density at radius 2 is 2.04 bits per heavy atom. The van der Waals surface area contributed by atoms with Crippen LogP contribution in [0, 0.1) is 19.8 Å². The zero-order valence-corrected chi connectivity index (χ0v) is 15.2. The van der Waals surface area contributed by atoms with E-state index in [1.807, 2.05) is 23.9 Å². The van der Waals surface area contributed by atoms with Crippen LogP contribution in [0.3, 0.4) is 0 Å². The van der Waals surface area contributed by atoms with Gasteiger partial charge in [0.25, 0.3) is 0 Å². The van der Waals surface area contributed by atoms with Gasteiger partial charge in [0.2, 0.25) is 5.88 Å². The average Bonchev–Trinajstić information content (AvgIpc) is 3.23. The molecule has 0 N–H and O–H groups in total. The van der Waals surface area contributed by atoms with Gasteiger partial charge >= 0.3 is 0 Å². The lowest BCUT2D eigenvalue weighted by molar-refractivity contribution is 0.111. The predicted molar refractivity (Wildman–Crippen MR) is 95.6 cm³/mol. The Kier molecular flexibility index (Phi) is 4.70. The smallest absolute Gasteiger partial charge is 0.220 e. The van der Waals surface area contributed by atoms with E-state index in [0.717, 1.165) is 42.8 Å². The van der Waals surface area contributed by atoms with E-state index in [-0.39, 0.29) is 6.10 Å². The molecule has 1 saturated heterocycles. The third-order valence-corrected chi connectivity index (χ3v) is 5.49. The highest BCUT2D eigenvalue weighted by atomic mass is 16.5. The molecule has 0 amide bonds. The highest BCUT2D eigenvalue weighted by Crippen LogP contribution is 2.30. The molecule has 25 heavy (non-hydrogen) atoms. The van der Waals surface area contributed by atoms with E-state index in [1.165, 1.54) is 37.9 Å². The van der Waals surface area contributed by atoms with Crippen molar-refractivity contribution in [3.05, 3.63) is 35.5 Å². The fourth-order valence-corrected chi connectivity index (χ4v) is 4.06. The molecule has 2 aliphatic rings. The van der Waals surface area contributed by atoms with Crippen molar-refractivity contribution in [3.8, 4) is 5.88 Å². The first-order valence-electron chi connectivity index (χ1n) is 9.38. The maximum atomic E-state index is 6.09. The molecule has 6 heteroatoms. The van der Waals surface area contributed by atoms with Gasteiger partial charge in [-0.05, 0) is 58.2 Å². The monoisotopic (exact) mass is 341 g/mol. The van der Waals surface area contributed by atoms with E-state index in [2.05, 4.69) is 33.1 Å². The number of ether oxygens (including phenoxy) is 1. The minimum atomic E-state index is 0.227. The van der Waals surface area contributed by atoms with Crippen LogP contribution in [0.25, 0.3) is 0 Å². The average molecular weight is 341 g/mol. The zero-order chi connectivity index (χ0) is 17.2. The molecule has 0 aliphatic carbocycles. The van der Waals surface area contributed by atoms with Gasteiger partial charge in [0.15, 0.2) is 0 Å². The lowest BCUT2D eigenvalue weighted by atomic mass is 9.93. The molecule has 4 heterocycles. The highest BCUT2D eigenvalue weighted by Gasteiger charge is 2.29. The summed E-state index contributed by atoms with van der Waals surface area (Å²) in [5.41, 5.74) is 2.27. The fraction of sp³-hybridized carbons (Fsp3) is 0.632. The van der Waals surface area contributed by atoms with Crippen molar-refractivity contribution in [2.24, 2.45) is 5.92 Å². The lowest BCUT2D eigenvalue weighted by Gasteiger charge is -2.33. The van der Waals surface area contributed by atoms with Crippen molar-refractivity contribution < 1.29 is 4.74 Å². The van der Waals surface area contributed by atoms with Gasteiger partial charge in [-0.1, -0.05) is 0 Å². The van der Waals surface area contributed by atoms with E-state index < -0.39 is 0 Å². The van der Waals surface area contributed by atoms with Crippen LogP contribution in [0.1, 0.15) is 36.3 Å². The number of likely N-dealkylation sites (tertiary alicyclic amines) is 1. The Morgan fingerprint density at radius 3 is 2.80 bits per heavy atom. The van der Waals surface area contributed by atoms with Crippen molar-refractivity contribution in [3.63, 3.8) is 0 Å². The molecule has 0 saturated carbocycles. The highest BCUT2D eigenvalue weighted by molar-refractivity contribution is 5.34. The Bertz CT molecular complexity index is 707. The van der Waals surface area contributed by atoms with Gasteiger partial charge in [-0.25, -0.2) is 4.98 Å². The molecule has 0 spiro atoms. The van der Waals surface area contributed by atoms with Crippen LogP contribution in [0.15, 0.2) is 18.5 Å². The minimum Gasteiger partial charge on any atom is -0.472 e. The quantitative estimate of drug-likeness (QED) is 0.836. The Balaban J connectivity index is 1.24. The topological polar surface area (TPSA) is 56.1 Å². The van der Waals surface area contributed by atoms with Crippen LogP contribution >= 0.6 is 0 Å². The molecule has 4 rings (SSSR count). The van der Waals surface area contributed by atoms with Gasteiger partial charge < -0.3 is 4.74 Å². The largest absolute Gasteiger partial charge is 0.472 e. The number of piperidine rings is 1. The van der Waals surface area contributed by atoms with Crippen LogP contribution in [-0.2, 0) is 13.0 Å². The second-order valence-corrected chi connectivity index (χ2v) is 7.39. The number of aromatic nitrogens is 4. The molecule has 134 valence electrons. The van der Waals surface area contributed by atoms with Crippen molar-refractivity contribution in [1.82, 2.24) is 24.6 Å². The summed E-state index contributed by atoms with van der Waals surface area (Å²) in [6.07, 6.45) is 8.87. The summed E-state index contributed by atoms with van der Waals surface area (Å²) in [7, 11) is 0.